The minimum atomic E-state index is -3.69. The maximum atomic E-state index is 12.7. The van der Waals surface area contributed by atoms with Crippen molar-refractivity contribution in [3.8, 4) is 11.5 Å². The molecule has 2 aliphatic rings. The average Bonchev–Trinajstić information content (AvgIpc) is 3.07. The Bertz CT molecular complexity index is 847. The van der Waals surface area contributed by atoms with E-state index in [-0.39, 0.29) is 16.9 Å². The van der Waals surface area contributed by atoms with Gasteiger partial charge in [-0.2, -0.15) is 9.40 Å². The van der Waals surface area contributed by atoms with Crippen molar-refractivity contribution in [1.29, 1.82) is 0 Å². The summed E-state index contributed by atoms with van der Waals surface area (Å²) in [5.74, 6) is 0.373. The van der Waals surface area contributed by atoms with Crippen LogP contribution >= 0.6 is 0 Å². The largest absolute Gasteiger partial charge is 0.442 e. The molecule has 1 amide bonds. The summed E-state index contributed by atoms with van der Waals surface area (Å²) in [6.07, 6.45) is 4.74. The number of carbonyl (C=O) groups excluding carboxylic acids is 1. The lowest BCUT2D eigenvalue weighted by atomic mass is 9.97. The Kier molecular flexibility index (Phi) is 4.12. The predicted molar refractivity (Wildman–Crippen MR) is 88.9 cm³/mol. The van der Waals surface area contributed by atoms with E-state index in [2.05, 4.69) is 15.5 Å². The van der Waals surface area contributed by atoms with Gasteiger partial charge < -0.3 is 9.73 Å². The van der Waals surface area contributed by atoms with E-state index in [0.29, 0.717) is 43.4 Å². The standard InChI is InChI=1S/C16H20N4O4S/c21-16(18-12-1-2-12)11-6-9-20(10-7-11)25(22,23)15-4-3-14(24-15)13-5-8-17-19-13/h3-5,8,11-12H,1-2,6-7,9-10H2,(H,17,19)(H,18,21). The highest BCUT2D eigenvalue weighted by atomic mass is 32.2. The summed E-state index contributed by atoms with van der Waals surface area (Å²) in [6, 6.07) is 5.10. The van der Waals surface area contributed by atoms with E-state index in [1.807, 2.05) is 0 Å². The second kappa shape index (κ2) is 6.30. The van der Waals surface area contributed by atoms with Crippen LogP contribution in [0.4, 0.5) is 0 Å². The van der Waals surface area contributed by atoms with Gasteiger partial charge in [-0.1, -0.05) is 0 Å². The van der Waals surface area contributed by atoms with Crippen LogP contribution in [0.2, 0.25) is 0 Å². The van der Waals surface area contributed by atoms with Gasteiger partial charge in [0.2, 0.25) is 11.0 Å². The van der Waals surface area contributed by atoms with Crippen molar-refractivity contribution in [3.05, 3.63) is 24.4 Å². The van der Waals surface area contributed by atoms with Crippen LogP contribution in [-0.2, 0) is 14.8 Å². The molecule has 0 atom stereocenters. The fourth-order valence-corrected chi connectivity index (χ4v) is 4.41. The summed E-state index contributed by atoms with van der Waals surface area (Å²) >= 11 is 0. The van der Waals surface area contributed by atoms with Gasteiger partial charge in [-0.3, -0.25) is 9.89 Å². The molecule has 4 rings (SSSR count). The van der Waals surface area contributed by atoms with E-state index in [1.54, 1.807) is 18.3 Å². The minimum Gasteiger partial charge on any atom is -0.442 e. The Morgan fingerprint density at radius 2 is 1.96 bits per heavy atom. The maximum absolute atomic E-state index is 12.7. The van der Waals surface area contributed by atoms with Crippen molar-refractivity contribution in [3.63, 3.8) is 0 Å². The van der Waals surface area contributed by atoms with E-state index in [9.17, 15) is 13.2 Å². The zero-order valence-corrected chi connectivity index (χ0v) is 14.5. The topological polar surface area (TPSA) is 108 Å². The van der Waals surface area contributed by atoms with Crippen LogP contribution in [-0.4, -0.2) is 48.0 Å². The molecule has 0 unspecified atom stereocenters. The van der Waals surface area contributed by atoms with Crippen LogP contribution in [0.25, 0.3) is 11.5 Å². The normalized spacial score (nSPS) is 19.8. The lowest BCUT2D eigenvalue weighted by Gasteiger charge is -2.29. The van der Waals surface area contributed by atoms with E-state index < -0.39 is 10.0 Å². The molecule has 134 valence electrons. The van der Waals surface area contributed by atoms with Crippen LogP contribution in [0, 0.1) is 5.92 Å². The molecule has 9 heteroatoms. The monoisotopic (exact) mass is 364 g/mol. The number of aromatic amines is 1. The van der Waals surface area contributed by atoms with Gasteiger partial charge in [-0.05, 0) is 43.9 Å². The summed E-state index contributed by atoms with van der Waals surface area (Å²) in [5.41, 5.74) is 0.622. The second-order valence-electron chi connectivity index (χ2n) is 6.55. The summed E-state index contributed by atoms with van der Waals surface area (Å²) < 4.78 is 32.4. The lowest BCUT2D eigenvalue weighted by molar-refractivity contribution is -0.126. The van der Waals surface area contributed by atoms with Gasteiger partial charge in [0, 0.05) is 31.2 Å². The molecule has 1 aliphatic carbocycles. The molecule has 25 heavy (non-hydrogen) atoms. The first-order valence-electron chi connectivity index (χ1n) is 8.44. The lowest BCUT2D eigenvalue weighted by Crippen LogP contribution is -2.43. The number of furan rings is 1. The number of hydrogen-bond acceptors (Lipinski definition) is 5. The quantitative estimate of drug-likeness (QED) is 0.832. The van der Waals surface area contributed by atoms with E-state index >= 15 is 0 Å². The van der Waals surface area contributed by atoms with Crippen LogP contribution in [0.15, 0.2) is 33.9 Å². The Labute approximate surface area is 145 Å². The number of rotatable bonds is 5. The first-order valence-corrected chi connectivity index (χ1v) is 9.88. The zero-order chi connectivity index (χ0) is 17.4. The summed E-state index contributed by atoms with van der Waals surface area (Å²) in [4.78, 5) is 12.1. The first kappa shape index (κ1) is 16.3. The van der Waals surface area contributed by atoms with Crippen molar-refractivity contribution >= 4 is 15.9 Å². The van der Waals surface area contributed by atoms with Crippen LogP contribution in [0.1, 0.15) is 25.7 Å². The van der Waals surface area contributed by atoms with Gasteiger partial charge in [0.25, 0.3) is 10.0 Å². The first-order chi connectivity index (χ1) is 12.0. The SMILES string of the molecule is O=C(NC1CC1)C1CCN(S(=O)(=O)c2ccc(-c3ccn[nH]3)o2)CC1. The van der Waals surface area contributed by atoms with Crippen molar-refractivity contribution in [2.75, 3.05) is 13.1 Å². The third-order valence-electron chi connectivity index (χ3n) is 4.69. The molecule has 1 saturated heterocycles. The van der Waals surface area contributed by atoms with Gasteiger partial charge in [0.05, 0.1) is 0 Å². The van der Waals surface area contributed by atoms with Gasteiger partial charge in [0.1, 0.15) is 5.69 Å². The molecule has 0 bridgehead atoms. The van der Waals surface area contributed by atoms with E-state index in [1.165, 1.54) is 10.4 Å². The van der Waals surface area contributed by atoms with Crippen molar-refractivity contribution in [2.24, 2.45) is 5.92 Å². The number of H-pyrrole nitrogens is 1. The fourth-order valence-electron chi connectivity index (χ4n) is 3.03. The van der Waals surface area contributed by atoms with Crippen LogP contribution in [0.3, 0.4) is 0 Å². The molecule has 1 saturated carbocycles. The molecule has 3 heterocycles. The van der Waals surface area contributed by atoms with Crippen molar-refractivity contribution in [2.45, 2.75) is 36.8 Å². The smallest absolute Gasteiger partial charge is 0.276 e. The third-order valence-corrected chi connectivity index (χ3v) is 6.46. The van der Waals surface area contributed by atoms with Gasteiger partial charge in [-0.25, -0.2) is 8.42 Å². The number of hydrogen-bond donors (Lipinski definition) is 2. The maximum Gasteiger partial charge on any atom is 0.276 e. The highest BCUT2D eigenvalue weighted by molar-refractivity contribution is 7.89. The number of sulfonamides is 1. The summed E-state index contributed by atoms with van der Waals surface area (Å²) in [7, 11) is -3.69. The average molecular weight is 364 g/mol. The number of aromatic nitrogens is 2. The minimum absolute atomic E-state index is 0.0547. The molecular weight excluding hydrogens is 344 g/mol. The van der Waals surface area contributed by atoms with Gasteiger partial charge >= 0.3 is 0 Å². The summed E-state index contributed by atoms with van der Waals surface area (Å²) in [6.45, 7) is 0.649. The number of nitrogens with one attached hydrogen (secondary N) is 2. The third kappa shape index (κ3) is 3.34. The highest BCUT2D eigenvalue weighted by Gasteiger charge is 2.35. The van der Waals surface area contributed by atoms with E-state index in [0.717, 1.165) is 12.8 Å². The number of nitrogens with zero attached hydrogens (tertiary/aromatic N) is 2. The molecule has 2 N–H and O–H groups in total. The van der Waals surface area contributed by atoms with Crippen LogP contribution in [0.5, 0.6) is 0 Å². The number of amides is 1. The molecule has 0 radical (unpaired) electrons. The Balaban J connectivity index is 1.42. The van der Waals surface area contributed by atoms with Gasteiger partial charge in [0.15, 0.2) is 5.76 Å². The van der Waals surface area contributed by atoms with Crippen molar-refractivity contribution in [1.82, 2.24) is 19.8 Å². The summed E-state index contributed by atoms with van der Waals surface area (Å²) in [5, 5.41) is 9.47. The van der Waals surface area contributed by atoms with Crippen LogP contribution < -0.4 is 5.32 Å². The van der Waals surface area contributed by atoms with Crippen molar-refractivity contribution < 1.29 is 17.6 Å². The zero-order valence-electron chi connectivity index (χ0n) is 13.6. The molecule has 8 nitrogen and oxygen atoms in total. The molecule has 0 aromatic carbocycles. The molecule has 1 aliphatic heterocycles. The Morgan fingerprint density at radius 3 is 2.60 bits per heavy atom. The molecular formula is C16H20N4O4S. The predicted octanol–water partition coefficient (Wildman–Crippen LogP) is 1.35. The highest BCUT2D eigenvalue weighted by Crippen LogP contribution is 2.28. The van der Waals surface area contributed by atoms with Gasteiger partial charge in [-0.15, -0.1) is 0 Å². The molecule has 2 aromatic heterocycles. The second-order valence-corrected chi connectivity index (χ2v) is 8.42. The molecule has 2 aromatic rings. The molecule has 2 fully saturated rings. The number of carbonyl (C=O) groups is 1. The Morgan fingerprint density at radius 1 is 1.20 bits per heavy atom. The number of piperidine rings is 1. The van der Waals surface area contributed by atoms with E-state index in [4.69, 9.17) is 4.42 Å². The fraction of sp³-hybridized carbons (Fsp3) is 0.500. The molecule has 0 spiro atoms. The Hall–Kier alpha value is -2.13.